The van der Waals surface area contributed by atoms with Gasteiger partial charge in [0.15, 0.2) is 0 Å². The van der Waals surface area contributed by atoms with Gasteiger partial charge in [-0.2, -0.15) is 0 Å². The first-order valence-electron chi connectivity index (χ1n) is 10.00. The molecule has 1 aromatic heterocycles. The number of aromatic amines is 1. The van der Waals surface area contributed by atoms with E-state index in [-0.39, 0.29) is 17.2 Å². The molecule has 1 atom stereocenters. The highest BCUT2D eigenvalue weighted by atomic mass is 16.2. The molecular weight excluding hydrogens is 362 g/mol. The lowest BCUT2D eigenvalue weighted by molar-refractivity contribution is -0.122. The summed E-state index contributed by atoms with van der Waals surface area (Å²) in [6.45, 7) is 8.60. The van der Waals surface area contributed by atoms with Crippen LogP contribution >= 0.6 is 0 Å². The summed E-state index contributed by atoms with van der Waals surface area (Å²) in [6.07, 6.45) is 2.70. The topological polar surface area (TPSA) is 74.0 Å². The van der Waals surface area contributed by atoms with Crippen LogP contribution in [0.15, 0.2) is 54.7 Å². The van der Waals surface area contributed by atoms with E-state index in [0.717, 1.165) is 23.1 Å². The Morgan fingerprint density at radius 1 is 1.03 bits per heavy atom. The number of hydrogen-bond donors (Lipinski definition) is 3. The smallest absolute Gasteiger partial charge is 0.251 e. The van der Waals surface area contributed by atoms with E-state index < -0.39 is 6.04 Å². The number of benzene rings is 2. The van der Waals surface area contributed by atoms with Crippen molar-refractivity contribution in [2.75, 3.05) is 6.54 Å². The Balaban J connectivity index is 1.50. The summed E-state index contributed by atoms with van der Waals surface area (Å²) in [7, 11) is 0. The van der Waals surface area contributed by atoms with E-state index >= 15 is 0 Å². The zero-order valence-corrected chi connectivity index (χ0v) is 17.5. The number of fused-ring (bicyclic) bond motifs is 1. The minimum absolute atomic E-state index is 0.0347. The Morgan fingerprint density at radius 2 is 1.72 bits per heavy atom. The van der Waals surface area contributed by atoms with Crippen LogP contribution in [0.25, 0.3) is 10.9 Å². The van der Waals surface area contributed by atoms with Crippen molar-refractivity contribution in [2.45, 2.75) is 45.6 Å². The van der Waals surface area contributed by atoms with Crippen molar-refractivity contribution < 1.29 is 9.59 Å². The monoisotopic (exact) mass is 391 g/mol. The highest BCUT2D eigenvalue weighted by Gasteiger charge is 2.18. The lowest BCUT2D eigenvalue weighted by Gasteiger charge is -2.19. The van der Waals surface area contributed by atoms with Gasteiger partial charge in [-0.3, -0.25) is 9.59 Å². The Labute approximate surface area is 171 Å². The highest BCUT2D eigenvalue weighted by molar-refractivity contribution is 5.97. The first kappa shape index (κ1) is 20.6. The third-order valence-corrected chi connectivity index (χ3v) is 5.12. The molecule has 0 radical (unpaired) electrons. The summed E-state index contributed by atoms with van der Waals surface area (Å²) in [5, 5.41) is 6.84. The number of amides is 2. The van der Waals surface area contributed by atoms with Crippen LogP contribution in [0.4, 0.5) is 0 Å². The average Bonchev–Trinajstić information content (AvgIpc) is 3.10. The molecule has 2 aromatic carbocycles. The molecule has 0 unspecified atom stereocenters. The minimum Gasteiger partial charge on any atom is -0.361 e. The Hall–Kier alpha value is -3.08. The third-order valence-electron chi connectivity index (χ3n) is 5.12. The van der Waals surface area contributed by atoms with Crippen LogP contribution in [-0.2, 0) is 16.6 Å². The maximum atomic E-state index is 12.4. The second kappa shape index (κ2) is 8.52. The average molecular weight is 392 g/mol. The molecule has 1 heterocycles. The fourth-order valence-corrected chi connectivity index (χ4v) is 3.28. The van der Waals surface area contributed by atoms with Crippen molar-refractivity contribution in [3.63, 3.8) is 0 Å². The summed E-state index contributed by atoms with van der Waals surface area (Å²) in [4.78, 5) is 28.0. The number of rotatable bonds is 6. The quantitative estimate of drug-likeness (QED) is 0.595. The van der Waals surface area contributed by atoms with Crippen LogP contribution < -0.4 is 10.6 Å². The molecule has 2 amide bonds. The zero-order valence-electron chi connectivity index (χ0n) is 17.5. The molecule has 0 fully saturated rings. The molecule has 5 nitrogen and oxygen atoms in total. The fraction of sp³-hybridized carbons (Fsp3) is 0.333. The maximum Gasteiger partial charge on any atom is 0.251 e. The summed E-state index contributed by atoms with van der Waals surface area (Å²) >= 11 is 0. The summed E-state index contributed by atoms with van der Waals surface area (Å²) < 4.78 is 0. The first-order chi connectivity index (χ1) is 13.8. The van der Waals surface area contributed by atoms with Crippen molar-refractivity contribution in [3.05, 3.63) is 71.4 Å². The van der Waals surface area contributed by atoms with Gasteiger partial charge < -0.3 is 15.6 Å². The standard InChI is InChI=1S/C24H29N3O2/c1-16(27-23(29)17-9-11-19(12-10-17)24(2,3)4)22(28)25-14-13-18-15-26-21-8-6-5-7-20(18)21/h5-12,15-16,26H,13-14H2,1-4H3,(H,25,28)(H,27,29)/t16-/m0/s1. The van der Waals surface area contributed by atoms with Gasteiger partial charge >= 0.3 is 0 Å². The fourth-order valence-electron chi connectivity index (χ4n) is 3.28. The van der Waals surface area contributed by atoms with E-state index in [4.69, 9.17) is 0 Å². The summed E-state index contributed by atoms with van der Waals surface area (Å²) in [5.41, 5.74) is 4.00. The van der Waals surface area contributed by atoms with Gasteiger partial charge in [0.1, 0.15) is 6.04 Å². The molecule has 0 spiro atoms. The maximum absolute atomic E-state index is 12.4. The van der Waals surface area contributed by atoms with Gasteiger partial charge in [-0.1, -0.05) is 51.1 Å². The molecule has 0 aliphatic carbocycles. The molecule has 0 saturated carbocycles. The lowest BCUT2D eigenvalue weighted by atomic mass is 9.86. The van der Waals surface area contributed by atoms with Crippen LogP contribution in [0.5, 0.6) is 0 Å². The second-order valence-electron chi connectivity index (χ2n) is 8.42. The molecule has 0 aliphatic rings. The molecule has 0 aliphatic heterocycles. The molecule has 0 bridgehead atoms. The minimum atomic E-state index is -0.604. The number of nitrogens with one attached hydrogen (secondary N) is 3. The van der Waals surface area contributed by atoms with Crippen molar-refractivity contribution in [3.8, 4) is 0 Å². The van der Waals surface area contributed by atoms with E-state index in [0.29, 0.717) is 12.1 Å². The zero-order chi connectivity index (χ0) is 21.0. The Bertz CT molecular complexity index is 997. The second-order valence-corrected chi connectivity index (χ2v) is 8.42. The van der Waals surface area contributed by atoms with Gasteiger partial charge in [-0.15, -0.1) is 0 Å². The lowest BCUT2D eigenvalue weighted by Crippen LogP contribution is -2.45. The molecule has 152 valence electrons. The van der Waals surface area contributed by atoms with Crippen molar-refractivity contribution in [2.24, 2.45) is 0 Å². The molecule has 0 saturated heterocycles. The van der Waals surface area contributed by atoms with Gasteiger partial charge in [0.2, 0.25) is 5.91 Å². The SMILES string of the molecule is C[C@H](NC(=O)c1ccc(C(C)(C)C)cc1)C(=O)NCCc1c[nH]c2ccccc12. The van der Waals surface area contributed by atoms with Gasteiger partial charge in [0, 0.05) is 29.2 Å². The number of aromatic nitrogens is 1. The molecule has 3 N–H and O–H groups in total. The molecular formula is C24H29N3O2. The molecule has 29 heavy (non-hydrogen) atoms. The molecule has 3 rings (SSSR count). The number of para-hydroxylation sites is 1. The largest absolute Gasteiger partial charge is 0.361 e. The number of carbonyl (C=O) groups excluding carboxylic acids is 2. The Morgan fingerprint density at radius 3 is 2.41 bits per heavy atom. The van der Waals surface area contributed by atoms with Crippen molar-refractivity contribution in [1.29, 1.82) is 0 Å². The number of carbonyl (C=O) groups is 2. The van der Waals surface area contributed by atoms with E-state index in [9.17, 15) is 9.59 Å². The van der Waals surface area contributed by atoms with Crippen LogP contribution in [0.1, 0.15) is 49.2 Å². The van der Waals surface area contributed by atoms with Crippen LogP contribution in [0, 0.1) is 0 Å². The Kier molecular flexibility index (Phi) is 6.06. The summed E-state index contributed by atoms with van der Waals surface area (Å²) in [6, 6.07) is 15.0. The highest BCUT2D eigenvalue weighted by Crippen LogP contribution is 2.22. The van der Waals surface area contributed by atoms with E-state index in [2.05, 4.69) is 42.5 Å². The molecule has 5 heteroatoms. The van der Waals surface area contributed by atoms with E-state index in [1.54, 1.807) is 19.1 Å². The number of hydrogen-bond acceptors (Lipinski definition) is 2. The van der Waals surface area contributed by atoms with E-state index in [1.165, 1.54) is 5.39 Å². The van der Waals surface area contributed by atoms with E-state index in [1.807, 2.05) is 36.5 Å². The predicted octanol–water partition coefficient (Wildman–Crippen LogP) is 3.94. The van der Waals surface area contributed by atoms with Gasteiger partial charge in [0.25, 0.3) is 5.91 Å². The predicted molar refractivity (Wildman–Crippen MR) is 117 cm³/mol. The van der Waals surface area contributed by atoms with Crippen LogP contribution in [-0.4, -0.2) is 29.4 Å². The summed E-state index contributed by atoms with van der Waals surface area (Å²) in [5.74, 6) is -0.436. The van der Waals surface area contributed by atoms with Crippen LogP contribution in [0.2, 0.25) is 0 Å². The van der Waals surface area contributed by atoms with Crippen molar-refractivity contribution >= 4 is 22.7 Å². The van der Waals surface area contributed by atoms with Gasteiger partial charge in [-0.25, -0.2) is 0 Å². The normalized spacial score (nSPS) is 12.6. The van der Waals surface area contributed by atoms with Gasteiger partial charge in [0.05, 0.1) is 0 Å². The van der Waals surface area contributed by atoms with Gasteiger partial charge in [-0.05, 0) is 48.1 Å². The molecule has 3 aromatic rings. The van der Waals surface area contributed by atoms with Crippen molar-refractivity contribution in [1.82, 2.24) is 15.6 Å². The third kappa shape index (κ3) is 5.05. The van der Waals surface area contributed by atoms with Crippen LogP contribution in [0.3, 0.4) is 0 Å². The first-order valence-corrected chi connectivity index (χ1v) is 10.00. The number of H-pyrrole nitrogens is 1.